The maximum absolute atomic E-state index is 12.1. The van der Waals surface area contributed by atoms with E-state index in [9.17, 15) is 8.42 Å². The largest absolute Gasteiger partial charge is 0.224 e. The summed E-state index contributed by atoms with van der Waals surface area (Å²) in [7, 11) is -3.21. The zero-order chi connectivity index (χ0) is 14.5. The lowest BCUT2D eigenvalue weighted by molar-refractivity contribution is 0.431. The Morgan fingerprint density at radius 3 is 2.32 bits per heavy atom. The van der Waals surface area contributed by atoms with E-state index < -0.39 is 9.84 Å². The molecule has 0 bridgehead atoms. The van der Waals surface area contributed by atoms with Crippen molar-refractivity contribution in [1.29, 1.82) is 5.26 Å². The highest BCUT2D eigenvalue weighted by molar-refractivity contribution is 9.10. The van der Waals surface area contributed by atoms with Crippen molar-refractivity contribution in [2.75, 3.05) is 5.75 Å². The van der Waals surface area contributed by atoms with E-state index in [4.69, 9.17) is 5.26 Å². The van der Waals surface area contributed by atoms with Crippen LogP contribution < -0.4 is 0 Å². The molecule has 104 valence electrons. The summed E-state index contributed by atoms with van der Waals surface area (Å²) in [6.45, 7) is 3.74. The summed E-state index contributed by atoms with van der Waals surface area (Å²) in [5.74, 6) is 0.135. The van der Waals surface area contributed by atoms with Crippen LogP contribution in [0.1, 0.15) is 33.1 Å². The summed E-state index contributed by atoms with van der Waals surface area (Å²) in [5.41, 5.74) is -0.374. The maximum Gasteiger partial charge on any atom is 0.178 e. The van der Waals surface area contributed by atoms with Gasteiger partial charge in [-0.3, -0.25) is 0 Å². The predicted octanol–water partition coefficient (Wildman–Crippen LogP) is 3.94. The third kappa shape index (κ3) is 5.33. The zero-order valence-corrected chi connectivity index (χ0v) is 13.6. The Morgan fingerprint density at radius 2 is 1.79 bits per heavy atom. The molecule has 0 spiro atoms. The molecule has 0 saturated carbocycles. The van der Waals surface area contributed by atoms with Crippen molar-refractivity contribution in [3.63, 3.8) is 0 Å². The summed E-state index contributed by atoms with van der Waals surface area (Å²) in [5, 5.41) is 8.88. The highest BCUT2D eigenvalue weighted by Gasteiger charge is 2.18. The number of unbranched alkanes of at least 4 members (excludes halogenated alkanes) is 1. The Morgan fingerprint density at radius 1 is 1.21 bits per heavy atom. The standard InChI is InChI=1S/C14H18BrNO2S/c1-14(2,11-16)9-3-4-10-19(17,18)13-7-5-12(15)6-8-13/h5-8H,3-4,9-10H2,1-2H3. The third-order valence-corrected chi connectivity index (χ3v) is 5.29. The van der Waals surface area contributed by atoms with Gasteiger partial charge in [-0.05, 0) is 51.0 Å². The average Bonchev–Trinajstić information content (AvgIpc) is 2.35. The van der Waals surface area contributed by atoms with E-state index in [0.29, 0.717) is 11.3 Å². The van der Waals surface area contributed by atoms with E-state index in [2.05, 4.69) is 22.0 Å². The van der Waals surface area contributed by atoms with Crippen LogP contribution >= 0.6 is 15.9 Å². The molecule has 1 aromatic rings. The highest BCUT2D eigenvalue weighted by Crippen LogP contribution is 2.23. The second-order valence-electron chi connectivity index (χ2n) is 5.23. The lowest BCUT2D eigenvalue weighted by atomic mass is 9.89. The molecule has 0 radical (unpaired) electrons. The van der Waals surface area contributed by atoms with Gasteiger partial charge in [-0.2, -0.15) is 5.26 Å². The number of nitrogens with zero attached hydrogens (tertiary/aromatic N) is 1. The third-order valence-electron chi connectivity index (χ3n) is 2.94. The summed E-state index contributed by atoms with van der Waals surface area (Å²) in [6.07, 6.45) is 2.05. The van der Waals surface area contributed by atoms with Crippen molar-refractivity contribution in [3.8, 4) is 6.07 Å². The number of nitriles is 1. The second-order valence-corrected chi connectivity index (χ2v) is 8.25. The van der Waals surface area contributed by atoms with Crippen LogP contribution in [-0.2, 0) is 9.84 Å². The molecule has 0 heterocycles. The van der Waals surface area contributed by atoms with Gasteiger partial charge >= 0.3 is 0 Å². The van der Waals surface area contributed by atoms with E-state index in [1.54, 1.807) is 24.3 Å². The van der Waals surface area contributed by atoms with Crippen molar-refractivity contribution < 1.29 is 8.42 Å². The fourth-order valence-corrected chi connectivity index (χ4v) is 3.31. The Hall–Kier alpha value is -0.860. The van der Waals surface area contributed by atoms with E-state index >= 15 is 0 Å². The van der Waals surface area contributed by atoms with Gasteiger partial charge in [0.05, 0.1) is 22.1 Å². The van der Waals surface area contributed by atoms with Gasteiger partial charge < -0.3 is 0 Å². The first-order valence-electron chi connectivity index (χ1n) is 6.16. The van der Waals surface area contributed by atoms with Crippen LogP contribution in [0.4, 0.5) is 0 Å². The zero-order valence-electron chi connectivity index (χ0n) is 11.2. The van der Waals surface area contributed by atoms with E-state index in [1.165, 1.54) is 0 Å². The second kappa shape index (κ2) is 6.53. The van der Waals surface area contributed by atoms with Gasteiger partial charge in [0.15, 0.2) is 9.84 Å². The van der Waals surface area contributed by atoms with Crippen molar-refractivity contribution in [2.45, 2.75) is 38.0 Å². The van der Waals surface area contributed by atoms with Gasteiger partial charge in [-0.25, -0.2) is 8.42 Å². The quantitative estimate of drug-likeness (QED) is 0.735. The molecule has 1 rings (SSSR count). The molecule has 1 aromatic carbocycles. The minimum absolute atomic E-state index is 0.135. The molecule has 0 aliphatic heterocycles. The number of hydrogen-bond donors (Lipinski definition) is 0. The van der Waals surface area contributed by atoms with E-state index in [-0.39, 0.29) is 11.2 Å². The average molecular weight is 344 g/mol. The molecule has 0 fully saturated rings. The molecule has 5 heteroatoms. The van der Waals surface area contributed by atoms with Gasteiger partial charge in [0.25, 0.3) is 0 Å². The van der Waals surface area contributed by atoms with Gasteiger partial charge in [-0.15, -0.1) is 0 Å². The normalized spacial score (nSPS) is 12.1. The maximum atomic E-state index is 12.1. The number of hydrogen-bond acceptors (Lipinski definition) is 3. The summed E-state index contributed by atoms with van der Waals surface area (Å²) >= 11 is 3.28. The fourth-order valence-electron chi connectivity index (χ4n) is 1.67. The first kappa shape index (κ1) is 16.2. The Balaban J connectivity index is 2.53. The van der Waals surface area contributed by atoms with Gasteiger partial charge in [0.2, 0.25) is 0 Å². The van der Waals surface area contributed by atoms with E-state index in [1.807, 2.05) is 13.8 Å². The van der Waals surface area contributed by atoms with Crippen molar-refractivity contribution >= 4 is 25.8 Å². The monoisotopic (exact) mass is 343 g/mol. The van der Waals surface area contributed by atoms with Crippen molar-refractivity contribution in [2.24, 2.45) is 5.41 Å². The molecule has 0 amide bonds. The number of sulfone groups is 1. The molecular formula is C14H18BrNO2S. The smallest absolute Gasteiger partial charge is 0.178 e. The minimum atomic E-state index is -3.21. The first-order chi connectivity index (χ1) is 8.77. The summed E-state index contributed by atoms with van der Waals surface area (Å²) in [4.78, 5) is 0.357. The van der Waals surface area contributed by atoms with Gasteiger partial charge in [-0.1, -0.05) is 22.4 Å². The molecule has 0 saturated heterocycles. The fraction of sp³-hybridized carbons (Fsp3) is 0.500. The highest BCUT2D eigenvalue weighted by atomic mass is 79.9. The molecule has 0 aliphatic carbocycles. The summed E-state index contributed by atoms with van der Waals surface area (Å²) in [6, 6.07) is 8.90. The Kier molecular flexibility index (Phi) is 5.57. The molecule has 3 nitrogen and oxygen atoms in total. The lowest BCUT2D eigenvalue weighted by Gasteiger charge is -2.14. The van der Waals surface area contributed by atoms with Crippen LogP contribution in [0.3, 0.4) is 0 Å². The summed E-state index contributed by atoms with van der Waals surface area (Å²) < 4.78 is 25.0. The van der Waals surface area contributed by atoms with Crippen LogP contribution in [0.2, 0.25) is 0 Å². The minimum Gasteiger partial charge on any atom is -0.224 e. The SMILES string of the molecule is CC(C)(C#N)CCCCS(=O)(=O)c1ccc(Br)cc1. The molecule has 0 aromatic heterocycles. The number of benzene rings is 1. The van der Waals surface area contributed by atoms with Crippen molar-refractivity contribution in [1.82, 2.24) is 0 Å². The Labute approximate surface area is 123 Å². The van der Waals surface area contributed by atoms with Gasteiger partial charge in [0, 0.05) is 4.47 Å². The topological polar surface area (TPSA) is 57.9 Å². The first-order valence-corrected chi connectivity index (χ1v) is 8.61. The van der Waals surface area contributed by atoms with Crippen LogP contribution in [0.15, 0.2) is 33.6 Å². The molecule has 0 unspecified atom stereocenters. The van der Waals surface area contributed by atoms with Crippen LogP contribution in [-0.4, -0.2) is 14.2 Å². The molecular weight excluding hydrogens is 326 g/mol. The number of rotatable bonds is 6. The molecule has 19 heavy (non-hydrogen) atoms. The van der Waals surface area contributed by atoms with Crippen LogP contribution in [0.5, 0.6) is 0 Å². The molecule has 0 aliphatic rings. The van der Waals surface area contributed by atoms with Crippen molar-refractivity contribution in [3.05, 3.63) is 28.7 Å². The number of halogens is 1. The van der Waals surface area contributed by atoms with Crippen LogP contribution in [0.25, 0.3) is 0 Å². The van der Waals surface area contributed by atoms with E-state index in [0.717, 1.165) is 17.3 Å². The predicted molar refractivity (Wildman–Crippen MR) is 79.4 cm³/mol. The molecule has 0 atom stereocenters. The lowest BCUT2D eigenvalue weighted by Crippen LogP contribution is -2.10. The Bertz CT molecular complexity index is 556. The molecule has 0 N–H and O–H groups in total. The van der Waals surface area contributed by atoms with Gasteiger partial charge in [0.1, 0.15) is 0 Å². The van der Waals surface area contributed by atoms with Crippen LogP contribution in [0, 0.1) is 16.7 Å².